The van der Waals surface area contributed by atoms with Gasteiger partial charge < -0.3 is 44.2 Å². The van der Waals surface area contributed by atoms with Crippen molar-refractivity contribution in [1.29, 1.82) is 0 Å². The van der Waals surface area contributed by atoms with E-state index in [-0.39, 0.29) is 49.9 Å². The molecule has 1 fully saturated rings. The highest BCUT2D eigenvalue weighted by Gasteiger charge is 2.65. The summed E-state index contributed by atoms with van der Waals surface area (Å²) in [5, 5.41) is 27.9. The van der Waals surface area contributed by atoms with Crippen LogP contribution in [0.5, 0.6) is 17.2 Å². The van der Waals surface area contributed by atoms with E-state index in [0.717, 1.165) is 67.4 Å². The first-order valence-corrected chi connectivity index (χ1v) is 26.1. The van der Waals surface area contributed by atoms with Gasteiger partial charge in [0, 0.05) is 44.2 Å². The molecule has 6 atom stereocenters. The van der Waals surface area contributed by atoms with Crippen molar-refractivity contribution < 1.29 is 43.6 Å². The molecule has 3 aliphatic rings. The lowest BCUT2D eigenvalue weighted by atomic mass is 9.55. The first kappa shape index (κ1) is 54.5. The van der Waals surface area contributed by atoms with E-state index in [1.165, 1.54) is 44.9 Å². The zero-order valence-corrected chi connectivity index (χ0v) is 42.4. The molecule has 1 heterocycles. The number of aliphatic hydroxyl groups is 2. The predicted octanol–water partition coefficient (Wildman–Crippen LogP) is 11.6. The molecule has 68 heavy (non-hydrogen) atoms. The quantitative estimate of drug-likeness (QED) is 0.0395. The molecule has 2 aromatic rings. The molecule has 0 spiro atoms. The van der Waals surface area contributed by atoms with Crippen molar-refractivity contribution in [3.63, 3.8) is 0 Å². The minimum absolute atomic E-state index is 0.0272. The Balaban J connectivity index is 1.58. The van der Waals surface area contributed by atoms with Crippen LogP contribution in [0.3, 0.4) is 0 Å². The summed E-state index contributed by atoms with van der Waals surface area (Å²) < 4.78 is 26.1. The summed E-state index contributed by atoms with van der Waals surface area (Å²) in [5.41, 5.74) is 2.81. The number of nitrogens with zero attached hydrogens (tertiary/aromatic N) is 2. The number of ether oxygens (including phenoxy) is 4. The minimum Gasteiger partial charge on any atom is -0.497 e. The molecule has 0 saturated heterocycles. The Kier molecular flexibility index (Phi) is 22.2. The number of rotatable bonds is 30. The predicted molar refractivity (Wildman–Crippen MR) is 270 cm³/mol. The molecule has 1 aliphatic heterocycles. The van der Waals surface area contributed by atoms with Crippen LogP contribution in [0.15, 0.2) is 71.9 Å². The molecule has 5 rings (SSSR count). The monoisotopic (exact) mass is 944 g/mol. The Bertz CT molecular complexity index is 1940. The third kappa shape index (κ3) is 15.1. The van der Waals surface area contributed by atoms with Crippen molar-refractivity contribution in [1.82, 2.24) is 10.2 Å². The number of nitrogens with one attached hydrogen (secondary N) is 1. The van der Waals surface area contributed by atoms with Crippen molar-refractivity contribution in [2.24, 2.45) is 22.9 Å². The van der Waals surface area contributed by atoms with Gasteiger partial charge in [-0.3, -0.25) is 4.79 Å². The number of methoxy groups -OCH3 is 1. The number of carbonyl (C=O) groups is 2. The van der Waals surface area contributed by atoms with Gasteiger partial charge in [-0.15, -0.1) is 6.58 Å². The topological polar surface area (TPSA) is 148 Å². The van der Waals surface area contributed by atoms with Gasteiger partial charge in [0.15, 0.2) is 0 Å². The van der Waals surface area contributed by atoms with Crippen LogP contribution in [-0.4, -0.2) is 90.3 Å². The molecule has 0 radical (unpaired) electrons. The molecule has 2 aromatic carbocycles. The number of amides is 2. The van der Waals surface area contributed by atoms with Gasteiger partial charge in [-0.1, -0.05) is 114 Å². The fourth-order valence-corrected chi connectivity index (χ4v) is 10.6. The first-order chi connectivity index (χ1) is 32.9. The highest BCUT2D eigenvalue weighted by Crippen LogP contribution is 2.62. The molecule has 2 aliphatic carbocycles. The van der Waals surface area contributed by atoms with Crippen molar-refractivity contribution >= 4 is 17.7 Å². The minimum atomic E-state index is -1.39. The second kappa shape index (κ2) is 27.7. The Labute approximate surface area is 408 Å². The van der Waals surface area contributed by atoms with Crippen molar-refractivity contribution in [2.45, 2.75) is 180 Å². The Morgan fingerprint density at radius 1 is 0.897 bits per heavy atom. The maximum atomic E-state index is 15.0. The Morgan fingerprint density at radius 3 is 2.26 bits per heavy atom. The van der Waals surface area contributed by atoms with Gasteiger partial charge >= 0.3 is 6.09 Å². The number of carbonyl (C=O) groups excluding carboxylic acids is 2. The Morgan fingerprint density at radius 2 is 1.60 bits per heavy atom. The molecule has 12 nitrogen and oxygen atoms in total. The molecular weight excluding hydrogens is 859 g/mol. The number of allylic oxidation sites excluding steroid dienone is 1. The van der Waals surface area contributed by atoms with Crippen molar-refractivity contribution in [3.05, 3.63) is 77.9 Å². The fourth-order valence-electron chi connectivity index (χ4n) is 10.6. The van der Waals surface area contributed by atoms with Gasteiger partial charge in [0.05, 0.1) is 31.8 Å². The molecule has 12 heteroatoms. The van der Waals surface area contributed by atoms with E-state index in [9.17, 15) is 19.8 Å². The average Bonchev–Trinajstić information content (AvgIpc) is 3.32. The van der Waals surface area contributed by atoms with Crippen LogP contribution in [-0.2, 0) is 20.8 Å². The smallest absolute Gasteiger partial charge is 0.412 e. The van der Waals surface area contributed by atoms with Gasteiger partial charge in [0.25, 0.3) is 0 Å². The zero-order chi connectivity index (χ0) is 48.9. The average molecular weight is 944 g/mol. The van der Waals surface area contributed by atoms with Crippen LogP contribution in [0.2, 0.25) is 0 Å². The molecule has 1 saturated carbocycles. The van der Waals surface area contributed by atoms with Crippen molar-refractivity contribution in [3.8, 4) is 17.2 Å². The molecule has 378 valence electrons. The number of aliphatic hydroxyl groups excluding tert-OH is 2. The summed E-state index contributed by atoms with van der Waals surface area (Å²) in [6.45, 7) is 15.6. The van der Waals surface area contributed by atoms with Gasteiger partial charge in [0.1, 0.15) is 28.9 Å². The third-order valence-electron chi connectivity index (χ3n) is 13.7. The van der Waals surface area contributed by atoms with Gasteiger partial charge in [-0.05, 0) is 113 Å². The van der Waals surface area contributed by atoms with E-state index in [1.54, 1.807) is 19.3 Å². The molecule has 0 bridgehead atoms. The van der Waals surface area contributed by atoms with Gasteiger partial charge in [-0.25, -0.2) is 4.79 Å². The largest absolute Gasteiger partial charge is 0.497 e. The summed E-state index contributed by atoms with van der Waals surface area (Å²) in [6.07, 6.45) is 21.4. The molecule has 0 unspecified atom stereocenters. The second-order valence-electron chi connectivity index (χ2n) is 20.1. The molecule has 2 amide bonds. The number of fused-ring (bicyclic) bond motifs is 2. The van der Waals surface area contributed by atoms with Crippen LogP contribution in [0.4, 0.5) is 4.79 Å². The standard InChI is InChI=1S/C56H85N3O9/c1-8-11-12-13-14-15-16-17-18-21-31-57-54(63)66-44-29-30-49-47(39-44)52-45(28-20-23-34-61)42(26-19-22-33-60)38-46-48(58-68-55(4,5)6)40-50(56(67-49,53(46)52)65-35-10-3)59(32-9-2)51(62)37-41-25-24-27-43(36-41)64-7/h10,24-25,27,29-30,36,38-39,42,45,50,52-53,60-61H,3,8-9,11-23,26,28,31-35,37,40H2,1-2,4-7H3,(H,57,63)/t42-,45+,50-,52+,53+,56+/m0/s1. The molecule has 0 aromatic heterocycles. The highest BCUT2D eigenvalue weighted by atomic mass is 16.7. The maximum Gasteiger partial charge on any atom is 0.412 e. The number of oxime groups is 1. The summed E-state index contributed by atoms with van der Waals surface area (Å²) in [4.78, 5) is 36.5. The van der Waals surface area contributed by atoms with Crippen LogP contribution in [0.1, 0.15) is 167 Å². The summed E-state index contributed by atoms with van der Waals surface area (Å²) >= 11 is 0. The zero-order valence-electron chi connectivity index (χ0n) is 42.4. The third-order valence-corrected chi connectivity index (χ3v) is 13.7. The first-order valence-electron chi connectivity index (χ1n) is 26.1. The number of hydrogen-bond donors (Lipinski definition) is 3. The normalized spacial score (nSPS) is 22.3. The van der Waals surface area contributed by atoms with E-state index in [4.69, 9.17) is 28.9 Å². The van der Waals surface area contributed by atoms with Crippen LogP contribution < -0.4 is 19.5 Å². The van der Waals surface area contributed by atoms with E-state index in [0.29, 0.717) is 56.0 Å². The van der Waals surface area contributed by atoms with E-state index in [1.807, 2.05) is 62.1 Å². The lowest BCUT2D eigenvalue weighted by Gasteiger charge is -2.60. The lowest BCUT2D eigenvalue weighted by molar-refractivity contribution is -0.257. The van der Waals surface area contributed by atoms with Crippen LogP contribution in [0.25, 0.3) is 0 Å². The number of unbranched alkanes of at least 4 members (excludes halogenated alkanes) is 11. The lowest BCUT2D eigenvalue weighted by Crippen LogP contribution is -2.70. The second-order valence-corrected chi connectivity index (χ2v) is 20.1. The summed E-state index contributed by atoms with van der Waals surface area (Å²) in [5.74, 6) is -0.420. The maximum absolute atomic E-state index is 15.0. The molecular formula is C56H85N3O9. The highest BCUT2D eigenvalue weighted by molar-refractivity contribution is 6.03. The summed E-state index contributed by atoms with van der Waals surface area (Å²) in [7, 11) is 1.62. The van der Waals surface area contributed by atoms with Gasteiger partial charge in [0.2, 0.25) is 11.7 Å². The SMILES string of the molecule is C=CCO[C@@]12Oc3ccc(OC(=O)NCCCCCCCCCCCC)cc3[C@H]3[C@H](CCCCO)[C@@H](CCCCO)C=C(C(=NOC(C)(C)C)C[C@@H]1N(CCC)C(=O)Cc1cccc(OC)c1)[C@H]32. The van der Waals surface area contributed by atoms with Crippen LogP contribution >= 0.6 is 0 Å². The van der Waals surface area contributed by atoms with E-state index >= 15 is 0 Å². The van der Waals surface area contributed by atoms with Crippen LogP contribution in [0, 0.1) is 17.8 Å². The van der Waals surface area contributed by atoms with E-state index < -0.39 is 29.4 Å². The number of hydrogen-bond acceptors (Lipinski definition) is 10. The molecule has 3 N–H and O–H groups in total. The fraction of sp³-hybridized carbons (Fsp3) is 0.661. The summed E-state index contributed by atoms with van der Waals surface area (Å²) in [6, 6.07) is 12.6. The number of benzene rings is 2. The Hall–Kier alpha value is -4.39. The van der Waals surface area contributed by atoms with Gasteiger partial charge in [-0.2, -0.15) is 0 Å². The van der Waals surface area contributed by atoms with Crippen molar-refractivity contribution in [2.75, 3.05) is 40.0 Å². The van der Waals surface area contributed by atoms with E-state index in [2.05, 4.69) is 31.8 Å².